The molecular formula is C15H12N2S. The second-order valence-electron chi connectivity index (χ2n) is 4.00. The lowest BCUT2D eigenvalue weighted by Gasteiger charge is -2.04. The molecule has 2 aromatic carbocycles. The van der Waals surface area contributed by atoms with E-state index in [9.17, 15) is 0 Å². The highest BCUT2D eigenvalue weighted by Gasteiger charge is 2.14. The van der Waals surface area contributed by atoms with Crippen molar-refractivity contribution in [1.82, 2.24) is 4.37 Å². The number of nitrogen functional groups attached to an aromatic ring is 1. The molecular weight excluding hydrogens is 240 g/mol. The quantitative estimate of drug-likeness (QED) is 0.747. The summed E-state index contributed by atoms with van der Waals surface area (Å²) in [7, 11) is 0. The second kappa shape index (κ2) is 4.63. The van der Waals surface area contributed by atoms with Crippen LogP contribution in [0.4, 0.5) is 5.00 Å². The highest BCUT2D eigenvalue weighted by Crippen LogP contribution is 2.38. The van der Waals surface area contributed by atoms with E-state index in [1.165, 1.54) is 11.5 Å². The molecule has 1 heterocycles. The Labute approximate surface area is 110 Å². The van der Waals surface area contributed by atoms with Gasteiger partial charge in [-0.1, -0.05) is 60.7 Å². The molecule has 0 saturated carbocycles. The summed E-state index contributed by atoms with van der Waals surface area (Å²) in [5, 5.41) is 0.764. The maximum absolute atomic E-state index is 6.07. The number of benzene rings is 2. The van der Waals surface area contributed by atoms with Gasteiger partial charge in [0.25, 0.3) is 0 Å². The molecule has 0 spiro atoms. The number of rotatable bonds is 2. The van der Waals surface area contributed by atoms with Gasteiger partial charge in [-0.3, -0.25) is 0 Å². The summed E-state index contributed by atoms with van der Waals surface area (Å²) in [6, 6.07) is 20.3. The number of hydrogen-bond donors (Lipinski definition) is 1. The summed E-state index contributed by atoms with van der Waals surface area (Å²) in [6.45, 7) is 0. The molecule has 3 rings (SSSR count). The number of nitrogens with two attached hydrogens (primary N) is 1. The van der Waals surface area contributed by atoms with E-state index in [1.807, 2.05) is 36.4 Å². The lowest BCUT2D eigenvalue weighted by Crippen LogP contribution is -1.86. The van der Waals surface area contributed by atoms with Crippen LogP contribution in [0.1, 0.15) is 0 Å². The summed E-state index contributed by atoms with van der Waals surface area (Å²) < 4.78 is 4.48. The Hall–Kier alpha value is -2.13. The Morgan fingerprint density at radius 3 is 1.94 bits per heavy atom. The number of nitrogens with zero attached hydrogens (tertiary/aromatic N) is 1. The van der Waals surface area contributed by atoms with Crippen LogP contribution in [0.15, 0.2) is 60.7 Å². The van der Waals surface area contributed by atoms with Crippen LogP contribution < -0.4 is 5.73 Å². The van der Waals surface area contributed by atoms with Crippen molar-refractivity contribution in [1.29, 1.82) is 0 Å². The molecule has 2 N–H and O–H groups in total. The van der Waals surface area contributed by atoms with Crippen molar-refractivity contribution in [3.8, 4) is 22.4 Å². The van der Waals surface area contributed by atoms with Crippen molar-refractivity contribution < 1.29 is 0 Å². The predicted octanol–water partition coefficient (Wildman–Crippen LogP) is 4.06. The molecule has 2 nitrogen and oxygen atoms in total. The van der Waals surface area contributed by atoms with Crippen LogP contribution >= 0.6 is 11.5 Å². The topological polar surface area (TPSA) is 38.9 Å². The third-order valence-electron chi connectivity index (χ3n) is 2.83. The van der Waals surface area contributed by atoms with Crippen molar-refractivity contribution in [3.63, 3.8) is 0 Å². The van der Waals surface area contributed by atoms with Crippen LogP contribution in [-0.2, 0) is 0 Å². The Morgan fingerprint density at radius 2 is 1.33 bits per heavy atom. The minimum absolute atomic E-state index is 0.764. The molecule has 1 aromatic heterocycles. The Balaban J connectivity index is 2.19. The molecule has 0 unspecified atom stereocenters. The standard InChI is InChI=1S/C15H12N2S/c16-15-13(11-7-3-1-4-8-11)14(17-18-15)12-9-5-2-6-10-12/h1-10H,16H2. The fourth-order valence-corrected chi connectivity index (χ4v) is 2.67. The first kappa shape index (κ1) is 11.0. The third kappa shape index (κ3) is 1.89. The van der Waals surface area contributed by atoms with Gasteiger partial charge in [-0.15, -0.1) is 0 Å². The average molecular weight is 252 g/mol. The van der Waals surface area contributed by atoms with Gasteiger partial charge < -0.3 is 5.73 Å². The summed E-state index contributed by atoms with van der Waals surface area (Å²) >= 11 is 1.35. The fraction of sp³-hybridized carbons (Fsp3) is 0. The van der Waals surface area contributed by atoms with Crippen LogP contribution in [0.3, 0.4) is 0 Å². The van der Waals surface area contributed by atoms with E-state index >= 15 is 0 Å². The molecule has 0 atom stereocenters. The van der Waals surface area contributed by atoms with Crippen LogP contribution in [0.2, 0.25) is 0 Å². The van der Waals surface area contributed by atoms with Gasteiger partial charge in [-0.2, -0.15) is 4.37 Å². The van der Waals surface area contributed by atoms with Gasteiger partial charge in [-0.25, -0.2) is 0 Å². The lowest BCUT2D eigenvalue weighted by molar-refractivity contribution is 1.51. The minimum atomic E-state index is 0.764. The zero-order chi connectivity index (χ0) is 12.4. The Morgan fingerprint density at radius 1 is 0.778 bits per heavy atom. The highest BCUT2D eigenvalue weighted by molar-refractivity contribution is 7.11. The van der Waals surface area contributed by atoms with Gasteiger partial charge in [0.15, 0.2) is 0 Å². The van der Waals surface area contributed by atoms with Crippen molar-refractivity contribution in [2.45, 2.75) is 0 Å². The summed E-state index contributed by atoms with van der Waals surface area (Å²) in [5.41, 5.74) is 10.3. The van der Waals surface area contributed by atoms with Gasteiger partial charge in [-0.05, 0) is 17.1 Å². The largest absolute Gasteiger partial charge is 0.389 e. The fourth-order valence-electron chi connectivity index (χ4n) is 1.98. The third-order valence-corrected chi connectivity index (χ3v) is 3.50. The van der Waals surface area contributed by atoms with Crippen molar-refractivity contribution in [2.75, 3.05) is 5.73 Å². The minimum Gasteiger partial charge on any atom is -0.389 e. The maximum Gasteiger partial charge on any atom is 0.115 e. The molecule has 0 aliphatic rings. The molecule has 0 radical (unpaired) electrons. The molecule has 0 saturated heterocycles. The van der Waals surface area contributed by atoms with E-state index in [4.69, 9.17) is 5.73 Å². The lowest BCUT2D eigenvalue weighted by atomic mass is 10.0. The zero-order valence-electron chi connectivity index (χ0n) is 9.71. The van der Waals surface area contributed by atoms with Crippen LogP contribution in [0.25, 0.3) is 22.4 Å². The molecule has 0 amide bonds. The van der Waals surface area contributed by atoms with Crippen molar-refractivity contribution in [2.24, 2.45) is 0 Å². The summed E-state index contributed by atoms with van der Waals surface area (Å²) in [5.74, 6) is 0. The molecule has 0 fully saturated rings. The normalized spacial score (nSPS) is 10.4. The van der Waals surface area contributed by atoms with E-state index in [-0.39, 0.29) is 0 Å². The van der Waals surface area contributed by atoms with Gasteiger partial charge in [0.1, 0.15) is 5.00 Å². The van der Waals surface area contributed by atoms with E-state index in [0.717, 1.165) is 27.4 Å². The molecule has 3 heteroatoms. The Kier molecular flexibility index (Phi) is 2.82. The van der Waals surface area contributed by atoms with Crippen molar-refractivity contribution in [3.05, 3.63) is 60.7 Å². The molecule has 0 bridgehead atoms. The van der Waals surface area contributed by atoms with Crippen molar-refractivity contribution >= 4 is 16.5 Å². The Bertz CT molecular complexity index is 645. The molecule has 0 aliphatic heterocycles. The zero-order valence-corrected chi connectivity index (χ0v) is 10.5. The van der Waals surface area contributed by atoms with Crippen LogP contribution in [0.5, 0.6) is 0 Å². The summed E-state index contributed by atoms with van der Waals surface area (Å²) in [4.78, 5) is 0. The van der Waals surface area contributed by atoms with Gasteiger partial charge in [0.05, 0.1) is 5.69 Å². The maximum atomic E-state index is 6.07. The molecule has 88 valence electrons. The average Bonchev–Trinajstić information content (AvgIpc) is 2.83. The van der Waals surface area contributed by atoms with E-state index in [0.29, 0.717) is 0 Å². The number of aromatic nitrogens is 1. The first-order chi connectivity index (χ1) is 8.86. The van der Waals surface area contributed by atoms with Crippen LogP contribution in [-0.4, -0.2) is 4.37 Å². The first-order valence-electron chi connectivity index (χ1n) is 5.72. The monoisotopic (exact) mass is 252 g/mol. The smallest absolute Gasteiger partial charge is 0.115 e. The first-order valence-corrected chi connectivity index (χ1v) is 6.49. The number of hydrogen-bond acceptors (Lipinski definition) is 3. The highest BCUT2D eigenvalue weighted by atomic mass is 32.1. The van der Waals surface area contributed by atoms with E-state index in [2.05, 4.69) is 28.6 Å². The van der Waals surface area contributed by atoms with Gasteiger partial charge in [0.2, 0.25) is 0 Å². The summed E-state index contributed by atoms with van der Waals surface area (Å²) in [6.07, 6.45) is 0. The van der Waals surface area contributed by atoms with Gasteiger partial charge >= 0.3 is 0 Å². The molecule has 18 heavy (non-hydrogen) atoms. The number of anilines is 1. The second-order valence-corrected chi connectivity index (χ2v) is 4.81. The van der Waals surface area contributed by atoms with E-state index < -0.39 is 0 Å². The molecule has 0 aliphatic carbocycles. The molecule has 3 aromatic rings. The SMILES string of the molecule is Nc1snc(-c2ccccc2)c1-c1ccccc1. The van der Waals surface area contributed by atoms with Gasteiger partial charge in [0, 0.05) is 11.1 Å². The van der Waals surface area contributed by atoms with Crippen LogP contribution in [0, 0.1) is 0 Å². The predicted molar refractivity (Wildman–Crippen MR) is 77.4 cm³/mol. The van der Waals surface area contributed by atoms with E-state index in [1.54, 1.807) is 0 Å².